The number of anilines is 1. The van der Waals surface area contributed by atoms with Gasteiger partial charge in [0.1, 0.15) is 0 Å². The number of hydrogen-bond acceptors (Lipinski definition) is 5. The zero-order valence-corrected chi connectivity index (χ0v) is 12.6. The number of piperidine rings is 1. The van der Waals surface area contributed by atoms with Crippen LogP contribution >= 0.6 is 0 Å². The van der Waals surface area contributed by atoms with E-state index in [0.29, 0.717) is 18.7 Å². The summed E-state index contributed by atoms with van der Waals surface area (Å²) in [7, 11) is 0. The molecule has 1 saturated heterocycles. The third-order valence-electron chi connectivity index (χ3n) is 4.01. The fourth-order valence-electron chi connectivity index (χ4n) is 2.77. The average molecular weight is 307 g/mol. The van der Waals surface area contributed by atoms with Crippen LogP contribution in [0.3, 0.4) is 0 Å². The summed E-state index contributed by atoms with van der Waals surface area (Å²) in [4.78, 5) is 22.4. The first-order chi connectivity index (χ1) is 11.2. The molecule has 0 bridgehead atoms. The minimum atomic E-state index is -0.0682. The lowest BCUT2D eigenvalue weighted by atomic mass is 9.98. The van der Waals surface area contributed by atoms with Crippen LogP contribution in [0.15, 0.2) is 36.7 Å². The molecule has 0 spiro atoms. The Labute approximate surface area is 134 Å². The Morgan fingerprint density at radius 2 is 2.09 bits per heavy atom. The van der Waals surface area contributed by atoms with E-state index in [1.807, 2.05) is 18.2 Å². The molecule has 1 fully saturated rings. The van der Waals surface area contributed by atoms with Gasteiger partial charge in [0.2, 0.25) is 5.95 Å². The Morgan fingerprint density at radius 1 is 1.30 bits per heavy atom. The van der Waals surface area contributed by atoms with Gasteiger partial charge in [-0.1, -0.05) is 12.1 Å². The fraction of sp³-hybridized carbons (Fsp3) is 0.294. The number of carbonyl (C=O) groups excluding carboxylic acids is 1. The van der Waals surface area contributed by atoms with E-state index in [9.17, 15) is 4.79 Å². The molecule has 1 aromatic carbocycles. The van der Waals surface area contributed by atoms with Crippen molar-refractivity contribution in [2.45, 2.75) is 12.8 Å². The van der Waals surface area contributed by atoms with Crippen molar-refractivity contribution in [3.8, 4) is 17.2 Å². The van der Waals surface area contributed by atoms with Crippen LogP contribution in [0.1, 0.15) is 23.2 Å². The number of nitriles is 1. The van der Waals surface area contributed by atoms with E-state index in [0.717, 1.165) is 24.0 Å². The van der Waals surface area contributed by atoms with Gasteiger partial charge in [0.15, 0.2) is 0 Å². The Bertz CT molecular complexity index is 750. The third kappa shape index (κ3) is 3.29. The first kappa shape index (κ1) is 15.0. The van der Waals surface area contributed by atoms with Crippen LogP contribution in [0, 0.1) is 17.2 Å². The Balaban J connectivity index is 1.83. The van der Waals surface area contributed by atoms with E-state index in [4.69, 9.17) is 11.0 Å². The van der Waals surface area contributed by atoms with Gasteiger partial charge < -0.3 is 10.6 Å². The maximum Gasteiger partial charge on any atom is 0.253 e. The van der Waals surface area contributed by atoms with Gasteiger partial charge in [0, 0.05) is 36.6 Å². The Kier molecular flexibility index (Phi) is 4.20. The average Bonchev–Trinajstić information content (AvgIpc) is 2.62. The minimum Gasteiger partial charge on any atom is -0.368 e. The van der Waals surface area contributed by atoms with Gasteiger partial charge in [0.25, 0.3) is 5.91 Å². The number of likely N-dealkylation sites (tertiary alicyclic amines) is 1. The molecule has 1 amide bonds. The molecule has 0 saturated carbocycles. The zero-order valence-electron chi connectivity index (χ0n) is 12.6. The number of benzene rings is 1. The van der Waals surface area contributed by atoms with Crippen LogP contribution in [0.25, 0.3) is 11.1 Å². The molecule has 1 aliphatic rings. The largest absolute Gasteiger partial charge is 0.368 e. The Morgan fingerprint density at radius 3 is 2.83 bits per heavy atom. The van der Waals surface area contributed by atoms with E-state index in [1.54, 1.807) is 23.4 Å². The van der Waals surface area contributed by atoms with Gasteiger partial charge >= 0.3 is 0 Å². The lowest BCUT2D eigenvalue weighted by Gasteiger charge is -2.29. The quantitative estimate of drug-likeness (QED) is 0.916. The van der Waals surface area contributed by atoms with Crippen LogP contribution in [0.5, 0.6) is 0 Å². The molecule has 2 N–H and O–H groups in total. The summed E-state index contributed by atoms with van der Waals surface area (Å²) in [6, 6.07) is 9.62. The topological polar surface area (TPSA) is 95.9 Å². The van der Waals surface area contributed by atoms with Crippen LogP contribution in [-0.2, 0) is 0 Å². The lowest BCUT2D eigenvalue weighted by molar-refractivity contribution is 0.0699. The standard InChI is InChI=1S/C17H17N5O/c18-8-12-3-2-6-22(11-12)16(23)14-5-1-4-13(7-14)15-9-20-17(19)21-10-15/h1,4-5,7,9-10,12H,2-3,6,11H2,(H2,19,20,21)/t12-/m0/s1. The molecule has 0 unspecified atom stereocenters. The maximum absolute atomic E-state index is 12.7. The summed E-state index contributed by atoms with van der Waals surface area (Å²) in [6.07, 6.45) is 5.01. The van der Waals surface area contributed by atoms with Gasteiger partial charge in [-0.15, -0.1) is 0 Å². The van der Waals surface area contributed by atoms with Crippen LogP contribution < -0.4 is 5.73 Å². The highest BCUT2D eigenvalue weighted by Crippen LogP contribution is 2.22. The van der Waals surface area contributed by atoms with Crippen molar-refractivity contribution >= 4 is 11.9 Å². The Hall–Kier alpha value is -2.94. The number of aromatic nitrogens is 2. The number of rotatable bonds is 2. The summed E-state index contributed by atoms with van der Waals surface area (Å²) in [5, 5.41) is 9.06. The molecule has 23 heavy (non-hydrogen) atoms. The van der Waals surface area contributed by atoms with Crippen molar-refractivity contribution in [1.82, 2.24) is 14.9 Å². The highest BCUT2D eigenvalue weighted by Gasteiger charge is 2.24. The first-order valence-corrected chi connectivity index (χ1v) is 7.54. The van der Waals surface area contributed by atoms with E-state index >= 15 is 0 Å². The van der Waals surface area contributed by atoms with Crippen molar-refractivity contribution in [3.63, 3.8) is 0 Å². The lowest BCUT2D eigenvalue weighted by Crippen LogP contribution is -2.39. The summed E-state index contributed by atoms with van der Waals surface area (Å²) in [5.74, 6) is 0.112. The van der Waals surface area contributed by atoms with Gasteiger partial charge in [0.05, 0.1) is 12.0 Å². The number of nitrogens with two attached hydrogens (primary N) is 1. The van der Waals surface area contributed by atoms with Crippen molar-refractivity contribution in [3.05, 3.63) is 42.2 Å². The molecule has 2 heterocycles. The van der Waals surface area contributed by atoms with E-state index < -0.39 is 0 Å². The number of nitrogens with zero attached hydrogens (tertiary/aromatic N) is 4. The predicted octanol–water partition coefficient (Wildman–Crippen LogP) is 2.10. The molecule has 6 heteroatoms. The molecule has 0 radical (unpaired) electrons. The van der Waals surface area contributed by atoms with Gasteiger partial charge in [-0.05, 0) is 30.5 Å². The summed E-state index contributed by atoms with van der Waals surface area (Å²) >= 11 is 0. The minimum absolute atomic E-state index is 0.0387. The van der Waals surface area contributed by atoms with Crippen LogP contribution in [0.4, 0.5) is 5.95 Å². The van der Waals surface area contributed by atoms with Gasteiger partial charge in [-0.3, -0.25) is 4.79 Å². The van der Waals surface area contributed by atoms with E-state index in [-0.39, 0.29) is 17.8 Å². The molecule has 0 aliphatic carbocycles. The second-order valence-corrected chi connectivity index (χ2v) is 5.63. The predicted molar refractivity (Wildman–Crippen MR) is 86.1 cm³/mol. The van der Waals surface area contributed by atoms with Gasteiger partial charge in [-0.25, -0.2) is 9.97 Å². The molecule has 1 aromatic heterocycles. The molecule has 116 valence electrons. The number of carbonyl (C=O) groups is 1. The SMILES string of the molecule is N#C[C@@H]1CCCN(C(=O)c2cccc(-c3cnc(N)nc3)c2)C1. The highest BCUT2D eigenvalue weighted by atomic mass is 16.2. The monoisotopic (exact) mass is 307 g/mol. The van der Waals surface area contributed by atoms with Crippen molar-refractivity contribution < 1.29 is 4.79 Å². The van der Waals surface area contributed by atoms with Gasteiger partial charge in [-0.2, -0.15) is 5.26 Å². The number of nitrogen functional groups attached to an aromatic ring is 1. The maximum atomic E-state index is 12.7. The second-order valence-electron chi connectivity index (χ2n) is 5.63. The van der Waals surface area contributed by atoms with Crippen molar-refractivity contribution in [1.29, 1.82) is 5.26 Å². The summed E-state index contributed by atoms with van der Waals surface area (Å²) in [6.45, 7) is 1.21. The molecule has 1 aliphatic heterocycles. The number of amides is 1. The molecule has 2 aromatic rings. The van der Waals surface area contributed by atoms with E-state index in [2.05, 4.69) is 16.0 Å². The summed E-state index contributed by atoms with van der Waals surface area (Å²) < 4.78 is 0. The first-order valence-electron chi connectivity index (χ1n) is 7.54. The fourth-order valence-corrected chi connectivity index (χ4v) is 2.77. The van der Waals surface area contributed by atoms with Crippen LogP contribution in [-0.4, -0.2) is 33.9 Å². The van der Waals surface area contributed by atoms with Crippen LogP contribution in [0.2, 0.25) is 0 Å². The van der Waals surface area contributed by atoms with Crippen molar-refractivity contribution in [2.24, 2.45) is 5.92 Å². The molecular formula is C17H17N5O. The highest BCUT2D eigenvalue weighted by molar-refractivity contribution is 5.95. The molecule has 6 nitrogen and oxygen atoms in total. The molecule has 3 rings (SSSR count). The third-order valence-corrected chi connectivity index (χ3v) is 4.01. The summed E-state index contributed by atoms with van der Waals surface area (Å²) in [5.41, 5.74) is 7.78. The molecular weight excluding hydrogens is 290 g/mol. The van der Waals surface area contributed by atoms with E-state index in [1.165, 1.54) is 0 Å². The normalized spacial score (nSPS) is 17.5. The zero-order chi connectivity index (χ0) is 16.2. The number of hydrogen-bond donors (Lipinski definition) is 1. The van der Waals surface area contributed by atoms with Crippen molar-refractivity contribution in [2.75, 3.05) is 18.8 Å². The smallest absolute Gasteiger partial charge is 0.253 e. The molecule has 1 atom stereocenters. The second kappa shape index (κ2) is 6.44.